The smallest absolute Gasteiger partial charge is 0.236 e. The maximum Gasteiger partial charge on any atom is 0.236 e. The number of hydrogen-bond acceptors (Lipinski definition) is 3. The van der Waals surface area contributed by atoms with Crippen molar-refractivity contribution in [1.82, 2.24) is 4.98 Å². The van der Waals surface area contributed by atoms with Crippen LogP contribution in [0.25, 0.3) is 0 Å². The molecule has 1 aliphatic rings. The van der Waals surface area contributed by atoms with Crippen LogP contribution in [0.3, 0.4) is 0 Å². The van der Waals surface area contributed by atoms with Crippen molar-refractivity contribution in [3.8, 4) is 0 Å². The first-order valence-corrected chi connectivity index (χ1v) is 10.9. The van der Waals surface area contributed by atoms with Crippen LogP contribution in [0.1, 0.15) is 48.1 Å². The molecule has 0 radical (unpaired) electrons. The number of carbonyl (C=O) groups excluding carboxylic acids is 1. The highest BCUT2D eigenvalue weighted by Crippen LogP contribution is 2.40. The van der Waals surface area contributed by atoms with Gasteiger partial charge in [0.2, 0.25) is 5.91 Å². The van der Waals surface area contributed by atoms with Crippen LogP contribution in [0.2, 0.25) is 5.02 Å². The fraction of sp³-hybridized carbons (Fsp3) is 0.304. The minimum absolute atomic E-state index is 0.0667. The normalized spacial score (nSPS) is 15.9. The van der Waals surface area contributed by atoms with Crippen LogP contribution in [0, 0.1) is 0 Å². The van der Waals surface area contributed by atoms with E-state index in [9.17, 15) is 4.79 Å². The minimum atomic E-state index is -0.450. The third kappa shape index (κ3) is 3.98. The van der Waals surface area contributed by atoms with E-state index in [0.29, 0.717) is 5.13 Å². The van der Waals surface area contributed by atoms with E-state index in [1.165, 1.54) is 17.8 Å². The summed E-state index contributed by atoms with van der Waals surface area (Å²) in [5, 5.41) is 4.52. The summed E-state index contributed by atoms with van der Waals surface area (Å²) in [6.07, 6.45) is 7.69. The molecule has 28 heavy (non-hydrogen) atoms. The molecule has 0 bridgehead atoms. The van der Waals surface area contributed by atoms with E-state index in [2.05, 4.69) is 22.4 Å². The molecule has 1 heterocycles. The highest BCUT2D eigenvalue weighted by Gasteiger charge is 2.41. The van der Waals surface area contributed by atoms with Crippen molar-refractivity contribution in [2.75, 3.05) is 5.32 Å². The van der Waals surface area contributed by atoms with Gasteiger partial charge in [0.25, 0.3) is 0 Å². The van der Waals surface area contributed by atoms with Gasteiger partial charge >= 0.3 is 0 Å². The molecular weight excluding hydrogens is 388 g/mol. The van der Waals surface area contributed by atoms with Crippen molar-refractivity contribution in [2.45, 2.75) is 43.9 Å². The number of nitrogens with zero attached hydrogens (tertiary/aromatic N) is 1. The Hall–Kier alpha value is -2.17. The van der Waals surface area contributed by atoms with Crippen LogP contribution in [0.5, 0.6) is 0 Å². The summed E-state index contributed by atoms with van der Waals surface area (Å²) in [7, 11) is 0. The number of benzene rings is 2. The first-order chi connectivity index (χ1) is 13.7. The van der Waals surface area contributed by atoms with Crippen LogP contribution in [-0.4, -0.2) is 10.9 Å². The summed E-state index contributed by atoms with van der Waals surface area (Å²) in [6.45, 7) is 0. The molecule has 0 spiro atoms. The van der Waals surface area contributed by atoms with Gasteiger partial charge in [-0.25, -0.2) is 4.98 Å². The molecule has 1 N–H and O–H groups in total. The van der Waals surface area contributed by atoms with E-state index < -0.39 is 5.41 Å². The summed E-state index contributed by atoms with van der Waals surface area (Å²) in [6, 6.07) is 18.0. The highest BCUT2D eigenvalue weighted by atomic mass is 35.5. The summed E-state index contributed by atoms with van der Waals surface area (Å²) in [5.74, 6) is 0.0667. The van der Waals surface area contributed by atoms with Gasteiger partial charge in [0, 0.05) is 22.5 Å². The number of hydrogen-bond donors (Lipinski definition) is 1. The first kappa shape index (κ1) is 19.2. The number of thiazole rings is 1. The second-order valence-electron chi connectivity index (χ2n) is 7.36. The molecular formula is C23H23ClN2OS. The van der Waals surface area contributed by atoms with Crippen molar-refractivity contribution in [1.29, 1.82) is 0 Å². The van der Waals surface area contributed by atoms with Crippen LogP contribution in [-0.2, 0) is 16.6 Å². The van der Waals surface area contributed by atoms with Gasteiger partial charge in [0.1, 0.15) is 0 Å². The maximum absolute atomic E-state index is 13.3. The lowest BCUT2D eigenvalue weighted by atomic mass is 9.69. The van der Waals surface area contributed by atoms with Crippen molar-refractivity contribution < 1.29 is 4.79 Å². The number of aromatic nitrogens is 1. The molecule has 5 heteroatoms. The Morgan fingerprint density at radius 1 is 1.04 bits per heavy atom. The molecule has 1 amide bonds. The maximum atomic E-state index is 13.3. The van der Waals surface area contributed by atoms with Gasteiger partial charge in [-0.2, -0.15) is 0 Å². The quantitative estimate of drug-likeness (QED) is 0.541. The van der Waals surface area contributed by atoms with Gasteiger partial charge in [-0.05, 0) is 30.0 Å². The number of nitrogens with one attached hydrogen (secondary N) is 1. The van der Waals surface area contributed by atoms with E-state index in [-0.39, 0.29) is 5.91 Å². The molecule has 0 aliphatic heterocycles. The van der Waals surface area contributed by atoms with Crippen molar-refractivity contribution in [3.05, 3.63) is 81.8 Å². The summed E-state index contributed by atoms with van der Waals surface area (Å²) < 4.78 is 0. The Morgan fingerprint density at radius 3 is 2.50 bits per heavy atom. The van der Waals surface area contributed by atoms with E-state index in [1.54, 1.807) is 0 Å². The lowest BCUT2D eigenvalue weighted by Gasteiger charge is -2.36. The largest absolute Gasteiger partial charge is 0.301 e. The molecule has 1 saturated carbocycles. The zero-order valence-corrected chi connectivity index (χ0v) is 17.2. The molecule has 0 unspecified atom stereocenters. The number of rotatable bonds is 5. The molecule has 1 aliphatic carbocycles. The molecule has 0 saturated heterocycles. The number of anilines is 1. The zero-order chi connectivity index (χ0) is 19.4. The van der Waals surface area contributed by atoms with E-state index in [1.807, 2.05) is 48.7 Å². The van der Waals surface area contributed by atoms with Crippen LogP contribution in [0.4, 0.5) is 5.13 Å². The van der Waals surface area contributed by atoms with Gasteiger partial charge in [-0.15, -0.1) is 11.3 Å². The molecule has 1 fully saturated rings. The average Bonchev–Trinajstić information content (AvgIpc) is 3.17. The Morgan fingerprint density at radius 2 is 1.75 bits per heavy atom. The highest BCUT2D eigenvalue weighted by molar-refractivity contribution is 7.15. The van der Waals surface area contributed by atoms with Crippen molar-refractivity contribution >= 4 is 34.0 Å². The number of halogens is 1. The second kappa shape index (κ2) is 8.46. The fourth-order valence-corrected chi connectivity index (χ4v) is 5.09. The Bertz CT molecular complexity index is 948. The van der Waals surface area contributed by atoms with E-state index in [0.717, 1.165) is 53.1 Å². The van der Waals surface area contributed by atoms with E-state index in [4.69, 9.17) is 11.6 Å². The number of carbonyl (C=O) groups is 1. The second-order valence-corrected chi connectivity index (χ2v) is 8.89. The predicted octanol–water partition coefficient (Wildman–Crippen LogP) is 6.23. The van der Waals surface area contributed by atoms with Gasteiger partial charge < -0.3 is 5.32 Å². The van der Waals surface area contributed by atoms with Crippen LogP contribution >= 0.6 is 22.9 Å². The predicted molar refractivity (Wildman–Crippen MR) is 116 cm³/mol. The molecule has 0 atom stereocenters. The first-order valence-electron chi connectivity index (χ1n) is 9.72. The molecule has 1 aromatic heterocycles. The van der Waals surface area contributed by atoms with Crippen LogP contribution in [0.15, 0.2) is 60.8 Å². The van der Waals surface area contributed by atoms with Gasteiger partial charge in [0.15, 0.2) is 5.13 Å². The average molecular weight is 411 g/mol. The molecule has 3 nitrogen and oxygen atoms in total. The molecule has 3 aromatic rings. The monoisotopic (exact) mass is 410 g/mol. The van der Waals surface area contributed by atoms with Crippen molar-refractivity contribution in [3.63, 3.8) is 0 Å². The Kier molecular flexibility index (Phi) is 5.79. The topological polar surface area (TPSA) is 42.0 Å². The van der Waals surface area contributed by atoms with Crippen LogP contribution < -0.4 is 5.32 Å². The fourth-order valence-electron chi connectivity index (χ4n) is 4.05. The van der Waals surface area contributed by atoms with E-state index >= 15 is 0 Å². The standard InChI is InChI=1S/C23H23ClN2OS/c24-20-12-6-5-9-17(20)15-19-16-25-22(28-19)26-21(27)23(13-7-2-8-14-23)18-10-3-1-4-11-18/h1,3-6,9-12,16H,2,7-8,13-15H2,(H,25,26,27). The molecule has 4 rings (SSSR count). The Balaban J connectivity index is 1.52. The number of amides is 1. The molecule has 2 aromatic carbocycles. The summed E-state index contributed by atoms with van der Waals surface area (Å²) in [4.78, 5) is 18.9. The Labute approximate surface area is 174 Å². The minimum Gasteiger partial charge on any atom is -0.301 e. The summed E-state index contributed by atoms with van der Waals surface area (Å²) in [5.41, 5.74) is 1.73. The SMILES string of the molecule is O=C(Nc1ncc(Cc2ccccc2Cl)s1)C1(c2ccccc2)CCCCC1. The lowest BCUT2D eigenvalue weighted by molar-refractivity contribution is -0.122. The van der Waals surface area contributed by atoms with Crippen molar-refractivity contribution in [2.24, 2.45) is 0 Å². The third-order valence-corrected chi connectivity index (χ3v) is 6.85. The zero-order valence-electron chi connectivity index (χ0n) is 15.7. The molecule has 144 valence electrons. The summed E-state index contributed by atoms with van der Waals surface area (Å²) >= 11 is 7.79. The lowest BCUT2D eigenvalue weighted by Crippen LogP contribution is -2.42. The van der Waals surface area contributed by atoms with Gasteiger partial charge in [-0.1, -0.05) is 79.4 Å². The van der Waals surface area contributed by atoms with Gasteiger partial charge in [-0.3, -0.25) is 4.79 Å². The third-order valence-electron chi connectivity index (χ3n) is 5.56. The van der Waals surface area contributed by atoms with Gasteiger partial charge in [0.05, 0.1) is 5.41 Å².